The number of benzene rings is 4. The number of nitrogens with one attached hydrogen (secondary N) is 1. The molecule has 0 unspecified atom stereocenters. The van der Waals surface area contributed by atoms with Gasteiger partial charge in [-0.1, -0.05) is 142 Å². The normalized spacial score (nSPS) is 15.1. The average molecular weight is 660 g/mol. The summed E-state index contributed by atoms with van der Waals surface area (Å²) in [5.41, 5.74) is 12.9. The Morgan fingerprint density at radius 1 is 0.812 bits per heavy atom. The molecule has 0 fully saturated rings. The van der Waals surface area contributed by atoms with Crippen molar-refractivity contribution in [1.29, 1.82) is 0 Å². The highest BCUT2D eigenvalue weighted by molar-refractivity contribution is 8.02. The minimum Gasteiger partial charge on any atom is -0.355 e. The second kappa shape index (κ2) is 15.4. The van der Waals surface area contributed by atoms with Crippen LogP contribution in [0.2, 0.25) is 0 Å². The molecule has 7 rings (SSSR count). The summed E-state index contributed by atoms with van der Waals surface area (Å²) in [5.74, 6) is 0. The number of fused-ring (bicyclic) bond motifs is 2. The van der Waals surface area contributed by atoms with Crippen LogP contribution in [0.25, 0.3) is 55.6 Å². The van der Waals surface area contributed by atoms with Crippen molar-refractivity contribution in [2.75, 3.05) is 5.32 Å². The van der Waals surface area contributed by atoms with Gasteiger partial charge in [-0.3, -0.25) is 0 Å². The van der Waals surface area contributed by atoms with E-state index < -0.39 is 0 Å². The molecule has 0 radical (unpaired) electrons. The van der Waals surface area contributed by atoms with Crippen molar-refractivity contribution in [2.45, 2.75) is 38.5 Å². The molecule has 0 amide bonds. The highest BCUT2D eigenvalue weighted by Crippen LogP contribution is 2.44. The van der Waals surface area contributed by atoms with Gasteiger partial charge in [0.2, 0.25) is 0 Å². The lowest BCUT2D eigenvalue weighted by Gasteiger charge is -2.17. The van der Waals surface area contributed by atoms with Gasteiger partial charge in [0, 0.05) is 36.8 Å². The zero-order valence-electron chi connectivity index (χ0n) is 27.9. The monoisotopic (exact) mass is 659 g/mol. The van der Waals surface area contributed by atoms with Crippen LogP contribution in [-0.4, -0.2) is 0 Å². The fourth-order valence-electron chi connectivity index (χ4n) is 6.23. The maximum absolute atomic E-state index is 4.32. The van der Waals surface area contributed by atoms with E-state index in [2.05, 4.69) is 158 Å². The van der Waals surface area contributed by atoms with E-state index in [1.807, 2.05) is 31.3 Å². The lowest BCUT2D eigenvalue weighted by atomic mass is 9.95. The van der Waals surface area contributed by atoms with Gasteiger partial charge in [0.15, 0.2) is 0 Å². The highest BCUT2D eigenvalue weighted by atomic mass is 32.2. The number of thiophene rings is 1. The molecule has 1 aliphatic heterocycles. The first-order chi connectivity index (χ1) is 23.6. The van der Waals surface area contributed by atoms with Crippen molar-refractivity contribution in [2.24, 2.45) is 0 Å². The molecule has 238 valence electrons. The van der Waals surface area contributed by atoms with Crippen LogP contribution in [0, 0.1) is 0 Å². The molecule has 0 atom stereocenters. The molecule has 1 N–H and O–H groups in total. The second-order valence-corrected chi connectivity index (χ2v) is 13.4. The quantitative estimate of drug-likeness (QED) is 0.187. The Morgan fingerprint density at radius 3 is 2.38 bits per heavy atom. The van der Waals surface area contributed by atoms with Crippen LogP contribution in [0.5, 0.6) is 0 Å². The Bertz CT molecular complexity index is 2150. The third-order valence-corrected chi connectivity index (χ3v) is 10.6. The highest BCUT2D eigenvalue weighted by Gasteiger charge is 2.18. The maximum atomic E-state index is 4.32. The third-order valence-electron chi connectivity index (χ3n) is 8.41. The zero-order valence-corrected chi connectivity index (χ0v) is 29.6. The molecule has 1 aliphatic carbocycles. The van der Waals surface area contributed by atoms with Crippen molar-refractivity contribution < 1.29 is 0 Å². The predicted molar refractivity (Wildman–Crippen MR) is 218 cm³/mol. The summed E-state index contributed by atoms with van der Waals surface area (Å²) in [4.78, 5) is 2.48. The van der Waals surface area contributed by atoms with Crippen LogP contribution < -0.4 is 5.32 Å². The first-order valence-corrected chi connectivity index (χ1v) is 18.4. The molecule has 0 saturated heterocycles. The lowest BCUT2D eigenvalue weighted by Crippen LogP contribution is -1.97. The summed E-state index contributed by atoms with van der Waals surface area (Å²) < 4.78 is 1.29. The van der Waals surface area contributed by atoms with Crippen LogP contribution in [-0.2, 0) is 0 Å². The molecule has 0 spiro atoms. The fraction of sp³-hybridized carbons (Fsp3) is 0.111. The SMILES string of the molecule is C=Cc1c(/C=C\C)sc2c(C3=CCCC=C3)c(Nc3cccc(-c4cccc(-c5cccc6c5S/C=C\C=C/C6=C)c4)c3)ccc12.CC. The molecule has 1 aromatic heterocycles. The van der Waals surface area contributed by atoms with Crippen LogP contribution in [0.4, 0.5) is 11.4 Å². The van der Waals surface area contributed by atoms with E-state index >= 15 is 0 Å². The fourth-order valence-corrected chi connectivity index (χ4v) is 8.52. The largest absolute Gasteiger partial charge is 0.355 e. The van der Waals surface area contributed by atoms with Crippen molar-refractivity contribution in [3.63, 3.8) is 0 Å². The maximum Gasteiger partial charge on any atom is 0.0478 e. The molecule has 3 heteroatoms. The number of rotatable bonds is 7. The van der Waals surface area contributed by atoms with Gasteiger partial charge in [0.1, 0.15) is 0 Å². The summed E-state index contributed by atoms with van der Waals surface area (Å²) in [6, 6.07) is 28.6. The molecule has 4 aromatic carbocycles. The van der Waals surface area contributed by atoms with E-state index in [0.29, 0.717) is 0 Å². The summed E-state index contributed by atoms with van der Waals surface area (Å²) in [7, 11) is 0. The van der Waals surface area contributed by atoms with E-state index in [-0.39, 0.29) is 0 Å². The molecule has 0 bridgehead atoms. The Kier molecular flexibility index (Phi) is 10.6. The standard InChI is InChI=1S/C43H35NS2.C2H6/c1-4-14-40-35(5-2)38-24-25-39(41(43(38)46-40)30-16-7-6-8-17-30)44-34-21-12-19-32(28-34)31-18-11-20-33(27-31)37-23-13-22-36-29(3)15-9-10-26-45-42(36)37;1-2/h4-5,7,9-28,44H,2-3,6,8H2,1H3;1-2H3/b14-4-,15-9-,26-10-;. The first kappa shape index (κ1) is 33.1. The Labute approximate surface area is 294 Å². The van der Waals surface area contributed by atoms with Gasteiger partial charge in [-0.15, -0.1) is 11.3 Å². The molecule has 48 heavy (non-hydrogen) atoms. The van der Waals surface area contributed by atoms with E-state index in [1.165, 1.54) is 64.4 Å². The van der Waals surface area contributed by atoms with Gasteiger partial charge in [0.25, 0.3) is 0 Å². The zero-order chi connectivity index (χ0) is 33.5. The van der Waals surface area contributed by atoms with Crippen molar-refractivity contribution in [3.05, 3.63) is 162 Å². The van der Waals surface area contributed by atoms with Crippen LogP contribution in [0.3, 0.4) is 0 Å². The van der Waals surface area contributed by atoms with Crippen molar-refractivity contribution in [3.8, 4) is 22.3 Å². The topological polar surface area (TPSA) is 12.0 Å². The summed E-state index contributed by atoms with van der Waals surface area (Å²) in [5, 5.41) is 7.21. The molecular formula is C45H41NS2. The van der Waals surface area contributed by atoms with Crippen LogP contribution >= 0.6 is 23.1 Å². The van der Waals surface area contributed by atoms with E-state index in [0.717, 1.165) is 29.8 Å². The van der Waals surface area contributed by atoms with Crippen LogP contribution in [0.15, 0.2) is 145 Å². The molecule has 0 saturated carbocycles. The summed E-state index contributed by atoms with van der Waals surface area (Å²) in [6.07, 6.45) is 21.6. The number of hydrogen-bond acceptors (Lipinski definition) is 3. The Hall–Kier alpha value is -4.83. The van der Waals surface area contributed by atoms with Gasteiger partial charge >= 0.3 is 0 Å². The van der Waals surface area contributed by atoms with Gasteiger partial charge in [-0.2, -0.15) is 0 Å². The van der Waals surface area contributed by atoms with Gasteiger partial charge < -0.3 is 5.32 Å². The Balaban J connectivity index is 0.00000197. The number of anilines is 2. The number of thioether (sulfide) groups is 1. The minimum atomic E-state index is 1.03. The number of allylic oxidation sites excluding steroid dienone is 9. The molecule has 2 aliphatic rings. The van der Waals surface area contributed by atoms with Crippen molar-refractivity contribution in [1.82, 2.24) is 0 Å². The minimum absolute atomic E-state index is 1.03. The smallest absolute Gasteiger partial charge is 0.0478 e. The summed E-state index contributed by atoms with van der Waals surface area (Å²) >= 11 is 3.60. The van der Waals surface area contributed by atoms with Gasteiger partial charge in [-0.05, 0) is 100 Å². The molecule has 5 aromatic rings. The van der Waals surface area contributed by atoms with E-state index in [4.69, 9.17) is 0 Å². The number of hydrogen-bond donors (Lipinski definition) is 1. The van der Waals surface area contributed by atoms with Crippen LogP contribution in [0.1, 0.15) is 55.2 Å². The van der Waals surface area contributed by atoms with Gasteiger partial charge in [-0.25, -0.2) is 0 Å². The molecule has 2 heterocycles. The van der Waals surface area contributed by atoms with Gasteiger partial charge in [0.05, 0.1) is 0 Å². The predicted octanol–water partition coefficient (Wildman–Crippen LogP) is 14.6. The molecular weight excluding hydrogens is 619 g/mol. The van der Waals surface area contributed by atoms with E-state index in [9.17, 15) is 0 Å². The second-order valence-electron chi connectivity index (χ2n) is 11.4. The third kappa shape index (κ3) is 6.75. The van der Waals surface area contributed by atoms with Crippen molar-refractivity contribution >= 4 is 67.9 Å². The summed E-state index contributed by atoms with van der Waals surface area (Å²) in [6.45, 7) is 14.5. The van der Waals surface area contributed by atoms with E-state index in [1.54, 1.807) is 11.8 Å². The molecule has 1 nitrogen and oxygen atoms in total. The lowest BCUT2D eigenvalue weighted by molar-refractivity contribution is 1.04. The Morgan fingerprint density at radius 2 is 1.58 bits per heavy atom. The first-order valence-electron chi connectivity index (χ1n) is 16.7. The average Bonchev–Trinajstić information content (AvgIpc) is 3.49.